The highest BCUT2D eigenvalue weighted by atomic mass is 32.2. The van der Waals surface area contributed by atoms with Gasteiger partial charge in [-0.25, -0.2) is 0 Å². The number of hydrogen-bond acceptors (Lipinski definition) is 2. The van der Waals surface area contributed by atoms with E-state index in [1.54, 1.807) is 11.8 Å². The monoisotopic (exact) mass is 321 g/mol. The minimum atomic E-state index is -0.0310. The maximum Gasteiger partial charge on any atom is 0.237 e. The molecular formula is C20H19NOS. The van der Waals surface area contributed by atoms with Crippen molar-refractivity contribution in [2.45, 2.75) is 30.1 Å². The van der Waals surface area contributed by atoms with Crippen LogP contribution in [0.25, 0.3) is 0 Å². The lowest BCUT2D eigenvalue weighted by atomic mass is 10.0. The normalized spacial score (nSPS) is 30.1. The number of amides is 1. The molecule has 4 atom stereocenters. The van der Waals surface area contributed by atoms with E-state index in [1.807, 2.05) is 6.07 Å². The van der Waals surface area contributed by atoms with Crippen molar-refractivity contribution in [3.05, 3.63) is 70.8 Å². The van der Waals surface area contributed by atoms with Gasteiger partial charge in [-0.2, -0.15) is 0 Å². The van der Waals surface area contributed by atoms with Crippen LogP contribution in [0.15, 0.2) is 48.5 Å². The van der Waals surface area contributed by atoms with Crippen molar-refractivity contribution in [1.29, 1.82) is 0 Å². The van der Waals surface area contributed by atoms with E-state index in [9.17, 15) is 4.79 Å². The summed E-state index contributed by atoms with van der Waals surface area (Å²) in [4.78, 5) is 12.8. The summed E-state index contributed by atoms with van der Waals surface area (Å²) in [5.74, 6) is 2.42. The fourth-order valence-corrected chi connectivity index (χ4v) is 5.60. The summed E-state index contributed by atoms with van der Waals surface area (Å²) in [6, 6.07) is 17.5. The summed E-state index contributed by atoms with van der Waals surface area (Å²) in [6.07, 6.45) is 2.20. The smallest absolute Gasteiger partial charge is 0.237 e. The first-order chi connectivity index (χ1) is 11.3. The van der Waals surface area contributed by atoms with Crippen molar-refractivity contribution in [3.8, 4) is 0 Å². The maximum atomic E-state index is 12.8. The van der Waals surface area contributed by atoms with Gasteiger partial charge in [-0.1, -0.05) is 48.5 Å². The summed E-state index contributed by atoms with van der Waals surface area (Å²) in [7, 11) is 0. The molecule has 1 amide bonds. The molecule has 2 aliphatic carbocycles. The van der Waals surface area contributed by atoms with Crippen LogP contribution in [0.3, 0.4) is 0 Å². The van der Waals surface area contributed by atoms with Crippen molar-refractivity contribution in [1.82, 2.24) is 5.32 Å². The summed E-state index contributed by atoms with van der Waals surface area (Å²) in [5, 5.41) is 3.32. The first-order valence-electron chi connectivity index (χ1n) is 8.40. The molecule has 1 saturated carbocycles. The van der Waals surface area contributed by atoms with Gasteiger partial charge in [0.15, 0.2) is 0 Å². The molecule has 3 aliphatic rings. The summed E-state index contributed by atoms with van der Waals surface area (Å²) >= 11 is 1.79. The van der Waals surface area contributed by atoms with Gasteiger partial charge >= 0.3 is 0 Å². The predicted molar refractivity (Wildman–Crippen MR) is 93.7 cm³/mol. The number of aryl methyl sites for hydroxylation is 1. The third-order valence-corrected chi connectivity index (χ3v) is 6.82. The maximum absolute atomic E-state index is 12.8. The average molecular weight is 321 g/mol. The number of nitrogens with one attached hydrogen (secondary N) is 1. The van der Waals surface area contributed by atoms with Gasteiger partial charge in [-0.3, -0.25) is 4.79 Å². The number of hydrogen-bond donors (Lipinski definition) is 1. The lowest BCUT2D eigenvalue weighted by Gasteiger charge is -2.24. The lowest BCUT2D eigenvalue weighted by Crippen LogP contribution is -2.33. The summed E-state index contributed by atoms with van der Waals surface area (Å²) < 4.78 is 0. The zero-order valence-corrected chi connectivity index (χ0v) is 13.7. The van der Waals surface area contributed by atoms with Crippen LogP contribution >= 0.6 is 11.8 Å². The predicted octanol–water partition coefficient (Wildman–Crippen LogP) is 3.47. The minimum absolute atomic E-state index is 0.0310. The molecule has 2 aromatic carbocycles. The molecule has 116 valence electrons. The second-order valence-electron chi connectivity index (χ2n) is 6.83. The second-order valence-corrected chi connectivity index (χ2v) is 8.04. The first-order valence-corrected chi connectivity index (χ1v) is 9.45. The molecule has 1 aliphatic heterocycles. The Morgan fingerprint density at radius 1 is 1.00 bits per heavy atom. The van der Waals surface area contributed by atoms with E-state index in [0.717, 1.165) is 18.6 Å². The number of thioether (sulfide) groups is 1. The zero-order chi connectivity index (χ0) is 15.4. The van der Waals surface area contributed by atoms with Crippen LogP contribution in [0.1, 0.15) is 33.4 Å². The van der Waals surface area contributed by atoms with E-state index in [0.29, 0.717) is 17.9 Å². The van der Waals surface area contributed by atoms with Gasteiger partial charge in [0.2, 0.25) is 5.91 Å². The third kappa shape index (κ3) is 2.13. The molecule has 1 fully saturated rings. The van der Waals surface area contributed by atoms with Crippen LogP contribution in [0.5, 0.6) is 0 Å². The molecule has 23 heavy (non-hydrogen) atoms. The van der Waals surface area contributed by atoms with Crippen molar-refractivity contribution in [2.75, 3.05) is 5.75 Å². The fraction of sp³-hybridized carbons (Fsp3) is 0.350. The van der Waals surface area contributed by atoms with Gasteiger partial charge in [-0.05, 0) is 46.8 Å². The highest BCUT2D eigenvalue weighted by Crippen LogP contribution is 2.56. The highest BCUT2D eigenvalue weighted by Gasteiger charge is 2.56. The van der Waals surface area contributed by atoms with Gasteiger partial charge in [-0.15, -0.1) is 11.8 Å². The van der Waals surface area contributed by atoms with Crippen LogP contribution in [0.4, 0.5) is 0 Å². The fourth-order valence-electron chi connectivity index (χ4n) is 4.40. The van der Waals surface area contributed by atoms with Crippen molar-refractivity contribution < 1.29 is 4.79 Å². The summed E-state index contributed by atoms with van der Waals surface area (Å²) in [5.41, 5.74) is 5.49. The van der Waals surface area contributed by atoms with E-state index in [1.165, 1.54) is 22.3 Å². The molecule has 4 unspecified atom stereocenters. The van der Waals surface area contributed by atoms with Crippen LogP contribution in [-0.2, 0) is 17.6 Å². The van der Waals surface area contributed by atoms with Crippen LogP contribution in [0.2, 0.25) is 0 Å². The SMILES string of the molecule is O=C(NC1C2Cc3ccccc3C21)C1SCCc2ccccc21. The average Bonchev–Trinajstić information content (AvgIpc) is 3.11. The Morgan fingerprint density at radius 3 is 2.61 bits per heavy atom. The van der Waals surface area contributed by atoms with Gasteiger partial charge in [0.1, 0.15) is 5.25 Å². The first kappa shape index (κ1) is 13.7. The van der Waals surface area contributed by atoms with E-state index in [4.69, 9.17) is 0 Å². The van der Waals surface area contributed by atoms with Crippen LogP contribution in [0, 0.1) is 5.92 Å². The Hall–Kier alpha value is -1.74. The molecule has 0 saturated heterocycles. The zero-order valence-electron chi connectivity index (χ0n) is 12.9. The molecule has 3 heteroatoms. The van der Waals surface area contributed by atoms with Gasteiger partial charge < -0.3 is 5.32 Å². The Balaban J connectivity index is 1.33. The number of benzene rings is 2. The number of rotatable bonds is 2. The topological polar surface area (TPSA) is 29.1 Å². The Labute approximate surface area is 140 Å². The van der Waals surface area contributed by atoms with Crippen LogP contribution in [-0.4, -0.2) is 17.7 Å². The Morgan fingerprint density at radius 2 is 1.74 bits per heavy atom. The van der Waals surface area contributed by atoms with Crippen molar-refractivity contribution in [3.63, 3.8) is 0 Å². The molecule has 0 spiro atoms. The molecule has 2 nitrogen and oxygen atoms in total. The molecule has 1 heterocycles. The number of carbonyl (C=O) groups is 1. The van der Waals surface area contributed by atoms with Gasteiger partial charge in [0.05, 0.1) is 0 Å². The second kappa shape index (κ2) is 5.13. The van der Waals surface area contributed by atoms with Gasteiger partial charge in [0, 0.05) is 12.0 Å². The van der Waals surface area contributed by atoms with E-state index < -0.39 is 0 Å². The molecule has 0 aromatic heterocycles. The molecule has 0 bridgehead atoms. The molecule has 0 radical (unpaired) electrons. The quantitative estimate of drug-likeness (QED) is 0.917. The van der Waals surface area contributed by atoms with E-state index in [-0.39, 0.29) is 11.2 Å². The third-order valence-electron chi connectivity index (χ3n) is 5.58. The van der Waals surface area contributed by atoms with Crippen LogP contribution < -0.4 is 5.32 Å². The largest absolute Gasteiger partial charge is 0.351 e. The van der Waals surface area contributed by atoms with E-state index in [2.05, 4.69) is 47.8 Å². The van der Waals surface area contributed by atoms with Crippen molar-refractivity contribution in [2.24, 2.45) is 5.92 Å². The lowest BCUT2D eigenvalue weighted by molar-refractivity contribution is -0.120. The summed E-state index contributed by atoms with van der Waals surface area (Å²) in [6.45, 7) is 0. The van der Waals surface area contributed by atoms with Crippen molar-refractivity contribution >= 4 is 17.7 Å². The highest BCUT2D eigenvalue weighted by molar-refractivity contribution is 8.00. The molecular weight excluding hydrogens is 302 g/mol. The molecule has 5 rings (SSSR count). The molecule has 2 aromatic rings. The van der Waals surface area contributed by atoms with Gasteiger partial charge in [0.25, 0.3) is 0 Å². The minimum Gasteiger partial charge on any atom is -0.351 e. The number of carbonyl (C=O) groups excluding carboxylic acids is 1. The standard InChI is InChI=1S/C20H19NOS/c22-20(19-15-8-4-1-5-12(15)9-10-23-19)21-18-16-11-13-6-2-3-7-14(13)17(16)18/h1-8,16-19H,9-11H2,(H,21,22). The molecule has 1 N–H and O–H groups in total. The Kier molecular flexibility index (Phi) is 3.05. The number of fused-ring (bicyclic) bond motifs is 4. The van der Waals surface area contributed by atoms with E-state index >= 15 is 0 Å². The Bertz CT molecular complexity index is 787.